The van der Waals surface area contributed by atoms with Gasteiger partial charge in [-0.2, -0.15) is 0 Å². The molecule has 4 heteroatoms. The van der Waals surface area contributed by atoms with Crippen LogP contribution in [0.3, 0.4) is 0 Å². The van der Waals surface area contributed by atoms with E-state index >= 15 is 0 Å². The first kappa shape index (κ1) is 14.3. The van der Waals surface area contributed by atoms with E-state index < -0.39 is 0 Å². The highest BCUT2D eigenvalue weighted by Gasteiger charge is 2.06. The van der Waals surface area contributed by atoms with Crippen LogP contribution in [0.1, 0.15) is 25.3 Å². The van der Waals surface area contributed by atoms with Crippen LogP contribution in [0.2, 0.25) is 5.02 Å². The number of hydrogen-bond acceptors (Lipinski definition) is 3. The average Bonchev–Trinajstić information content (AvgIpc) is 2.31. The molecule has 0 spiro atoms. The second kappa shape index (κ2) is 7.54. The van der Waals surface area contributed by atoms with Gasteiger partial charge in [-0.05, 0) is 30.7 Å². The first-order valence-corrected chi connectivity index (χ1v) is 6.42. The third-order valence-electron chi connectivity index (χ3n) is 2.71. The molecule has 0 aliphatic heterocycles. The Kier molecular flexibility index (Phi) is 6.34. The van der Waals surface area contributed by atoms with Crippen molar-refractivity contribution in [3.8, 4) is 0 Å². The molecule has 0 atom stereocenters. The van der Waals surface area contributed by atoms with E-state index in [0.717, 1.165) is 31.5 Å². The summed E-state index contributed by atoms with van der Waals surface area (Å²) < 4.78 is 0. The van der Waals surface area contributed by atoms with Crippen LogP contribution in [0.5, 0.6) is 0 Å². The molecule has 1 aromatic carbocycles. The first-order chi connectivity index (χ1) is 8.17. The average molecular weight is 257 g/mol. The van der Waals surface area contributed by atoms with Crippen molar-refractivity contribution in [3.05, 3.63) is 28.8 Å². The quantitative estimate of drug-likeness (QED) is 0.737. The van der Waals surface area contributed by atoms with E-state index in [9.17, 15) is 0 Å². The molecule has 0 saturated carbocycles. The van der Waals surface area contributed by atoms with Crippen LogP contribution in [0, 0.1) is 0 Å². The predicted octanol–water partition coefficient (Wildman–Crippen LogP) is 2.52. The lowest BCUT2D eigenvalue weighted by Crippen LogP contribution is -2.27. The molecule has 0 heterocycles. The molecule has 1 aromatic rings. The fourth-order valence-electron chi connectivity index (χ4n) is 1.74. The standard InChI is InChI=1S/C13H21ClN2O/c1-2-3-6-16(7-8-17)10-11-4-5-12(14)13(15)9-11/h4-5,9,17H,2-3,6-8,10,15H2,1H3. The molecule has 0 amide bonds. The topological polar surface area (TPSA) is 49.5 Å². The minimum atomic E-state index is 0.187. The molecule has 3 nitrogen and oxygen atoms in total. The second-order valence-electron chi connectivity index (χ2n) is 4.21. The highest BCUT2D eigenvalue weighted by Crippen LogP contribution is 2.20. The molecule has 0 unspecified atom stereocenters. The minimum absolute atomic E-state index is 0.187. The number of benzene rings is 1. The van der Waals surface area contributed by atoms with Gasteiger partial charge in [-0.1, -0.05) is 31.0 Å². The van der Waals surface area contributed by atoms with Crippen molar-refractivity contribution in [2.24, 2.45) is 0 Å². The molecular weight excluding hydrogens is 236 g/mol. The summed E-state index contributed by atoms with van der Waals surface area (Å²) in [5, 5.41) is 9.62. The number of halogens is 1. The lowest BCUT2D eigenvalue weighted by atomic mass is 10.2. The molecule has 0 radical (unpaired) electrons. The Morgan fingerprint density at radius 1 is 1.35 bits per heavy atom. The third kappa shape index (κ3) is 4.94. The summed E-state index contributed by atoms with van der Waals surface area (Å²) in [5.74, 6) is 0. The van der Waals surface area contributed by atoms with Gasteiger partial charge in [0.1, 0.15) is 0 Å². The Morgan fingerprint density at radius 3 is 2.71 bits per heavy atom. The number of nitrogens with zero attached hydrogens (tertiary/aromatic N) is 1. The highest BCUT2D eigenvalue weighted by atomic mass is 35.5. The van der Waals surface area contributed by atoms with Gasteiger partial charge in [-0.3, -0.25) is 4.90 Å². The van der Waals surface area contributed by atoms with E-state index in [1.165, 1.54) is 0 Å². The van der Waals surface area contributed by atoms with Crippen LogP contribution in [0.25, 0.3) is 0 Å². The van der Waals surface area contributed by atoms with Gasteiger partial charge < -0.3 is 10.8 Å². The maximum atomic E-state index is 9.03. The van der Waals surface area contributed by atoms with Crippen molar-refractivity contribution in [3.63, 3.8) is 0 Å². The van der Waals surface area contributed by atoms with Crippen LogP contribution in [0.15, 0.2) is 18.2 Å². The van der Waals surface area contributed by atoms with Crippen molar-refractivity contribution in [1.29, 1.82) is 0 Å². The number of hydrogen-bond donors (Lipinski definition) is 2. The monoisotopic (exact) mass is 256 g/mol. The van der Waals surface area contributed by atoms with Crippen LogP contribution in [-0.2, 0) is 6.54 Å². The zero-order valence-corrected chi connectivity index (χ0v) is 11.1. The van der Waals surface area contributed by atoms with Crippen molar-refractivity contribution < 1.29 is 5.11 Å². The van der Waals surface area contributed by atoms with Gasteiger partial charge >= 0.3 is 0 Å². The Balaban J connectivity index is 2.61. The zero-order valence-electron chi connectivity index (χ0n) is 10.3. The number of anilines is 1. The van der Waals surface area contributed by atoms with E-state index in [1.807, 2.05) is 18.2 Å². The van der Waals surface area contributed by atoms with Gasteiger partial charge in [0.05, 0.1) is 17.3 Å². The van der Waals surface area contributed by atoms with Crippen LogP contribution < -0.4 is 5.73 Å². The van der Waals surface area contributed by atoms with Crippen LogP contribution in [0.4, 0.5) is 5.69 Å². The molecule has 0 bridgehead atoms. The molecule has 17 heavy (non-hydrogen) atoms. The molecule has 1 rings (SSSR count). The van der Waals surface area contributed by atoms with Crippen molar-refractivity contribution in [1.82, 2.24) is 4.90 Å². The van der Waals surface area contributed by atoms with Crippen molar-refractivity contribution >= 4 is 17.3 Å². The summed E-state index contributed by atoms with van der Waals surface area (Å²) in [6, 6.07) is 5.71. The molecule has 96 valence electrons. The summed E-state index contributed by atoms with van der Waals surface area (Å²) in [6.45, 7) is 4.86. The van der Waals surface area contributed by atoms with E-state index in [1.54, 1.807) is 0 Å². The van der Waals surface area contributed by atoms with Crippen LogP contribution in [-0.4, -0.2) is 29.7 Å². The number of nitrogen functional groups attached to an aromatic ring is 1. The molecule has 0 saturated heterocycles. The van der Waals surface area contributed by atoms with Gasteiger partial charge in [0, 0.05) is 13.1 Å². The molecular formula is C13H21ClN2O. The van der Waals surface area contributed by atoms with Gasteiger partial charge in [0.15, 0.2) is 0 Å². The summed E-state index contributed by atoms with van der Waals surface area (Å²) in [7, 11) is 0. The summed E-state index contributed by atoms with van der Waals surface area (Å²) in [6.07, 6.45) is 2.30. The van der Waals surface area contributed by atoms with Gasteiger partial charge in [-0.15, -0.1) is 0 Å². The fourth-order valence-corrected chi connectivity index (χ4v) is 1.86. The van der Waals surface area contributed by atoms with E-state index in [2.05, 4.69) is 11.8 Å². The Morgan fingerprint density at radius 2 is 2.12 bits per heavy atom. The highest BCUT2D eigenvalue weighted by molar-refractivity contribution is 6.33. The normalized spacial score (nSPS) is 11.1. The number of nitrogens with two attached hydrogens (primary N) is 1. The molecule has 0 aliphatic carbocycles. The van der Waals surface area contributed by atoms with Crippen molar-refractivity contribution in [2.45, 2.75) is 26.3 Å². The van der Waals surface area contributed by atoms with Gasteiger partial charge in [0.25, 0.3) is 0 Å². The lowest BCUT2D eigenvalue weighted by Gasteiger charge is -2.21. The smallest absolute Gasteiger partial charge is 0.0635 e. The Hall–Kier alpha value is -0.770. The number of unbranched alkanes of at least 4 members (excludes halogenated alkanes) is 1. The SMILES string of the molecule is CCCCN(CCO)Cc1ccc(Cl)c(N)c1. The number of rotatable bonds is 7. The Bertz CT molecular complexity index is 344. The summed E-state index contributed by atoms with van der Waals surface area (Å²) in [4.78, 5) is 2.23. The summed E-state index contributed by atoms with van der Waals surface area (Å²) >= 11 is 5.88. The fraction of sp³-hybridized carbons (Fsp3) is 0.538. The molecule has 3 N–H and O–H groups in total. The van der Waals surface area contributed by atoms with E-state index in [-0.39, 0.29) is 6.61 Å². The van der Waals surface area contributed by atoms with Gasteiger partial charge in [0.2, 0.25) is 0 Å². The third-order valence-corrected chi connectivity index (χ3v) is 3.05. The maximum Gasteiger partial charge on any atom is 0.0635 e. The first-order valence-electron chi connectivity index (χ1n) is 6.04. The zero-order chi connectivity index (χ0) is 12.7. The Labute approximate surface area is 108 Å². The predicted molar refractivity (Wildman–Crippen MR) is 73.1 cm³/mol. The summed E-state index contributed by atoms with van der Waals surface area (Å²) in [5.41, 5.74) is 7.52. The maximum absolute atomic E-state index is 9.03. The lowest BCUT2D eigenvalue weighted by molar-refractivity contribution is 0.188. The second-order valence-corrected chi connectivity index (χ2v) is 4.62. The van der Waals surface area contributed by atoms with Gasteiger partial charge in [-0.25, -0.2) is 0 Å². The number of aliphatic hydroxyl groups excluding tert-OH is 1. The molecule has 0 aliphatic rings. The van der Waals surface area contributed by atoms with Crippen molar-refractivity contribution in [2.75, 3.05) is 25.4 Å². The minimum Gasteiger partial charge on any atom is -0.398 e. The van der Waals surface area contributed by atoms with E-state index in [4.69, 9.17) is 22.4 Å². The molecule has 0 fully saturated rings. The molecule has 0 aromatic heterocycles. The van der Waals surface area contributed by atoms with E-state index in [0.29, 0.717) is 17.3 Å². The largest absolute Gasteiger partial charge is 0.398 e. The van der Waals surface area contributed by atoms with Crippen LogP contribution >= 0.6 is 11.6 Å². The number of aliphatic hydroxyl groups is 1.